The molecule has 2 fully saturated rings. The molecule has 2 aliphatic heterocycles. The van der Waals surface area contributed by atoms with Crippen LogP contribution in [-0.4, -0.2) is 46.4 Å². The van der Waals surface area contributed by atoms with Crippen molar-refractivity contribution in [3.63, 3.8) is 0 Å². The maximum Gasteiger partial charge on any atom is 0.332 e. The van der Waals surface area contributed by atoms with Crippen LogP contribution in [0.5, 0.6) is 0 Å². The number of aromatic nitrogens is 1. The Bertz CT molecular complexity index is 970. The molecule has 0 unspecified atom stereocenters. The Morgan fingerprint density at radius 2 is 2.07 bits per heavy atom. The number of urea groups is 1. The van der Waals surface area contributed by atoms with Crippen molar-refractivity contribution >= 4 is 35.1 Å². The third-order valence-electron chi connectivity index (χ3n) is 4.94. The molecule has 0 saturated carbocycles. The predicted octanol–water partition coefficient (Wildman–Crippen LogP) is 2.60. The Kier molecular flexibility index (Phi) is 4.72. The number of amides is 4. The Balaban J connectivity index is 1.48. The van der Waals surface area contributed by atoms with Gasteiger partial charge in [-0.05, 0) is 43.2 Å². The molecule has 4 amide bonds. The van der Waals surface area contributed by atoms with E-state index in [0.29, 0.717) is 24.9 Å². The highest BCUT2D eigenvalue weighted by molar-refractivity contribution is 6.29. The highest BCUT2D eigenvalue weighted by atomic mass is 35.5. The average Bonchev–Trinajstić information content (AvgIpc) is 2.92. The molecule has 1 aromatic heterocycles. The topological polar surface area (TPSA) is 82.6 Å². The number of carbonyl (C=O) groups excluding carboxylic acids is 3. The van der Waals surface area contributed by atoms with Gasteiger partial charge in [0.25, 0.3) is 11.8 Å². The van der Waals surface area contributed by atoms with Crippen LogP contribution in [0.3, 0.4) is 0 Å². The van der Waals surface area contributed by atoms with Crippen molar-refractivity contribution < 1.29 is 18.8 Å². The molecule has 0 bridgehead atoms. The van der Waals surface area contributed by atoms with E-state index in [1.165, 1.54) is 35.4 Å². The molecule has 2 aromatic rings. The molecule has 9 heteroatoms. The van der Waals surface area contributed by atoms with Crippen molar-refractivity contribution in [2.75, 3.05) is 11.4 Å². The van der Waals surface area contributed by atoms with Gasteiger partial charge in [-0.1, -0.05) is 17.7 Å². The minimum atomic E-state index is -0.684. The lowest BCUT2D eigenvalue weighted by Crippen LogP contribution is -2.49. The third-order valence-corrected chi connectivity index (χ3v) is 5.14. The molecule has 2 atom stereocenters. The van der Waals surface area contributed by atoms with Crippen molar-refractivity contribution in [2.24, 2.45) is 0 Å². The fourth-order valence-electron chi connectivity index (χ4n) is 3.60. The zero-order valence-electron chi connectivity index (χ0n) is 14.6. The van der Waals surface area contributed by atoms with E-state index >= 15 is 0 Å². The second-order valence-electron chi connectivity index (χ2n) is 6.71. The number of anilines is 1. The molecule has 0 spiro atoms. The van der Waals surface area contributed by atoms with Gasteiger partial charge < -0.3 is 10.2 Å². The van der Waals surface area contributed by atoms with Gasteiger partial charge in [-0.2, -0.15) is 0 Å². The van der Waals surface area contributed by atoms with Crippen molar-refractivity contribution in [3.8, 4) is 0 Å². The van der Waals surface area contributed by atoms with E-state index < -0.39 is 23.8 Å². The lowest BCUT2D eigenvalue weighted by Gasteiger charge is -2.32. The number of fused-ring (bicyclic) bond motifs is 1. The van der Waals surface area contributed by atoms with Gasteiger partial charge in [0.15, 0.2) is 0 Å². The van der Waals surface area contributed by atoms with E-state index in [9.17, 15) is 18.8 Å². The van der Waals surface area contributed by atoms with Gasteiger partial charge in [-0.25, -0.2) is 19.1 Å². The van der Waals surface area contributed by atoms with Gasteiger partial charge in [0.05, 0.1) is 5.69 Å². The lowest BCUT2D eigenvalue weighted by molar-refractivity contribution is -0.120. The van der Waals surface area contributed by atoms with Crippen molar-refractivity contribution in [1.82, 2.24) is 15.2 Å². The van der Waals surface area contributed by atoms with Gasteiger partial charge in [-0.3, -0.25) is 9.59 Å². The Morgan fingerprint density at radius 1 is 1.25 bits per heavy atom. The van der Waals surface area contributed by atoms with Crippen molar-refractivity contribution in [2.45, 2.75) is 24.9 Å². The minimum absolute atomic E-state index is 0.205. The summed E-state index contributed by atoms with van der Waals surface area (Å²) in [7, 11) is 0. The molecule has 2 aliphatic rings. The number of rotatable bonds is 3. The quantitative estimate of drug-likeness (QED) is 0.632. The number of pyridine rings is 1. The van der Waals surface area contributed by atoms with Crippen LogP contribution < -0.4 is 10.2 Å². The van der Waals surface area contributed by atoms with Gasteiger partial charge in [0.1, 0.15) is 17.0 Å². The number of hydrogen-bond donors (Lipinski definition) is 1. The summed E-state index contributed by atoms with van der Waals surface area (Å²) in [6, 6.07) is 6.95. The van der Waals surface area contributed by atoms with Crippen molar-refractivity contribution in [1.29, 1.82) is 0 Å². The van der Waals surface area contributed by atoms with Crippen LogP contribution in [-0.2, 0) is 4.79 Å². The van der Waals surface area contributed by atoms with Crippen LogP contribution in [0.25, 0.3) is 0 Å². The minimum Gasteiger partial charge on any atom is -0.349 e. The van der Waals surface area contributed by atoms with Crippen molar-refractivity contribution in [3.05, 3.63) is 59.1 Å². The standard InChI is InChI=1S/C19H16ClFN4O3/c20-16-8-11(4-6-22-16)17(26)23-13-5-7-24-15(10-13)18(27)25(19(24)28)14-3-1-2-12(21)9-14/h1-4,6,8-9,13,15H,5,7,10H2,(H,23,26)/t13-,15-/m0/s1. The summed E-state index contributed by atoms with van der Waals surface area (Å²) >= 11 is 5.81. The summed E-state index contributed by atoms with van der Waals surface area (Å²) in [4.78, 5) is 44.2. The van der Waals surface area contributed by atoms with E-state index in [-0.39, 0.29) is 22.8 Å². The summed E-state index contributed by atoms with van der Waals surface area (Å²) < 4.78 is 13.5. The smallest absolute Gasteiger partial charge is 0.332 e. The first-order valence-electron chi connectivity index (χ1n) is 8.76. The number of hydrogen-bond acceptors (Lipinski definition) is 4. The zero-order valence-corrected chi connectivity index (χ0v) is 15.4. The summed E-state index contributed by atoms with van der Waals surface area (Å²) in [5.74, 6) is -1.26. The van der Waals surface area contributed by atoms with E-state index in [2.05, 4.69) is 10.3 Å². The number of benzene rings is 1. The molecule has 0 radical (unpaired) electrons. The molecule has 0 aliphatic carbocycles. The Labute approximate surface area is 165 Å². The normalized spacial score (nSPS) is 21.6. The number of nitrogens with one attached hydrogen (secondary N) is 1. The molecular formula is C19H16ClFN4O3. The molecular weight excluding hydrogens is 387 g/mol. The molecule has 2 saturated heterocycles. The largest absolute Gasteiger partial charge is 0.349 e. The van der Waals surface area contributed by atoms with Gasteiger partial charge >= 0.3 is 6.03 Å². The average molecular weight is 403 g/mol. The molecule has 1 N–H and O–H groups in total. The summed E-state index contributed by atoms with van der Waals surface area (Å²) in [5, 5.41) is 3.09. The fraction of sp³-hybridized carbons (Fsp3) is 0.263. The van der Waals surface area contributed by atoms with Crippen LogP contribution in [0, 0.1) is 5.82 Å². The lowest BCUT2D eigenvalue weighted by atomic mass is 9.97. The number of carbonyl (C=O) groups is 3. The van der Waals surface area contributed by atoms with Crippen LogP contribution in [0.2, 0.25) is 5.15 Å². The van der Waals surface area contributed by atoms with Gasteiger partial charge in [-0.15, -0.1) is 0 Å². The maximum atomic E-state index is 13.5. The first kappa shape index (κ1) is 18.4. The predicted molar refractivity (Wildman–Crippen MR) is 99.5 cm³/mol. The molecule has 1 aromatic carbocycles. The Hall–Kier alpha value is -3.00. The second-order valence-corrected chi connectivity index (χ2v) is 7.09. The highest BCUT2D eigenvalue weighted by Crippen LogP contribution is 2.31. The maximum absolute atomic E-state index is 13.5. The van der Waals surface area contributed by atoms with Crippen LogP contribution >= 0.6 is 11.6 Å². The first-order valence-corrected chi connectivity index (χ1v) is 9.14. The van der Waals surface area contributed by atoms with Crippen LogP contribution in [0.4, 0.5) is 14.9 Å². The van der Waals surface area contributed by atoms with Crippen LogP contribution in [0.1, 0.15) is 23.2 Å². The zero-order chi connectivity index (χ0) is 19.8. The van der Waals surface area contributed by atoms with Gasteiger partial charge in [0.2, 0.25) is 0 Å². The number of imide groups is 1. The third kappa shape index (κ3) is 3.31. The number of nitrogens with zero attached hydrogens (tertiary/aromatic N) is 3. The second kappa shape index (κ2) is 7.20. The molecule has 3 heterocycles. The molecule has 4 rings (SSSR count). The molecule has 28 heavy (non-hydrogen) atoms. The van der Waals surface area contributed by atoms with E-state index in [4.69, 9.17) is 11.6 Å². The monoisotopic (exact) mass is 402 g/mol. The SMILES string of the molecule is O=C(N[C@H]1CCN2C(=O)N(c3cccc(F)c3)C(=O)[C@@H]2C1)c1ccnc(Cl)c1. The summed E-state index contributed by atoms with van der Waals surface area (Å²) in [6.07, 6.45) is 2.24. The van der Waals surface area contributed by atoms with Crippen LogP contribution in [0.15, 0.2) is 42.6 Å². The van der Waals surface area contributed by atoms with E-state index in [1.54, 1.807) is 6.07 Å². The Morgan fingerprint density at radius 3 is 2.82 bits per heavy atom. The first-order chi connectivity index (χ1) is 13.4. The molecule has 7 nitrogen and oxygen atoms in total. The number of piperidine rings is 1. The fourth-order valence-corrected chi connectivity index (χ4v) is 3.77. The van der Waals surface area contributed by atoms with Gasteiger partial charge in [0, 0.05) is 24.3 Å². The highest BCUT2D eigenvalue weighted by Gasteiger charge is 2.48. The number of halogens is 2. The van der Waals surface area contributed by atoms with E-state index in [1.807, 2.05) is 0 Å². The summed E-state index contributed by atoms with van der Waals surface area (Å²) in [5.41, 5.74) is 0.578. The van der Waals surface area contributed by atoms with E-state index in [0.717, 1.165) is 11.0 Å². The summed E-state index contributed by atoms with van der Waals surface area (Å²) in [6.45, 7) is 0.323. The molecule has 144 valence electrons.